The number of ether oxygens (including phenoxy) is 1. The second-order valence-electron chi connectivity index (χ2n) is 5.47. The van der Waals surface area contributed by atoms with Crippen molar-refractivity contribution in [2.24, 2.45) is 0 Å². The third-order valence-electron chi connectivity index (χ3n) is 3.93. The topological polar surface area (TPSA) is 55.6 Å². The molecule has 2 aromatic rings. The average Bonchev–Trinajstić information content (AvgIpc) is 2.89. The minimum absolute atomic E-state index is 0.0323. The van der Waals surface area contributed by atoms with Crippen LogP contribution in [0.2, 0.25) is 0 Å². The van der Waals surface area contributed by atoms with Gasteiger partial charge >= 0.3 is 0 Å². The molecule has 2 atom stereocenters. The minimum Gasteiger partial charge on any atom is -0.353 e. The number of hydrogen-bond acceptors (Lipinski definition) is 4. The first-order valence-corrected chi connectivity index (χ1v) is 7.34. The van der Waals surface area contributed by atoms with Crippen molar-refractivity contribution in [2.75, 3.05) is 11.4 Å². The molecule has 5 heteroatoms. The Labute approximate surface area is 129 Å². The smallest absolute Gasteiger partial charge is 0.269 e. The highest BCUT2D eigenvalue weighted by atomic mass is 16.6. The van der Waals surface area contributed by atoms with E-state index in [1.54, 1.807) is 12.1 Å². The van der Waals surface area contributed by atoms with Crippen LogP contribution in [-0.4, -0.2) is 23.8 Å². The molecule has 0 saturated carbocycles. The molecule has 2 aromatic carbocycles. The average molecular weight is 298 g/mol. The number of rotatable bonds is 4. The van der Waals surface area contributed by atoms with Crippen LogP contribution in [0, 0.1) is 10.1 Å². The van der Waals surface area contributed by atoms with E-state index in [1.165, 1.54) is 17.7 Å². The number of nitrogens with zero attached hydrogens (tertiary/aromatic N) is 2. The van der Waals surface area contributed by atoms with E-state index >= 15 is 0 Å². The van der Waals surface area contributed by atoms with Crippen LogP contribution in [0.25, 0.3) is 0 Å². The lowest BCUT2D eigenvalue weighted by Gasteiger charge is -2.21. The molecular weight excluding hydrogens is 280 g/mol. The van der Waals surface area contributed by atoms with Gasteiger partial charge in [0.15, 0.2) is 0 Å². The van der Waals surface area contributed by atoms with Crippen molar-refractivity contribution in [3.63, 3.8) is 0 Å². The van der Waals surface area contributed by atoms with Crippen LogP contribution in [0.1, 0.15) is 12.5 Å². The molecule has 0 radical (unpaired) electrons. The number of anilines is 1. The van der Waals surface area contributed by atoms with Crippen molar-refractivity contribution < 1.29 is 9.66 Å². The number of nitro benzene ring substituents is 1. The van der Waals surface area contributed by atoms with E-state index in [-0.39, 0.29) is 22.9 Å². The summed E-state index contributed by atoms with van der Waals surface area (Å²) in [6.07, 6.45) is 0.969. The van der Waals surface area contributed by atoms with Gasteiger partial charge in [-0.2, -0.15) is 0 Å². The zero-order chi connectivity index (χ0) is 15.5. The third-order valence-corrected chi connectivity index (χ3v) is 3.93. The van der Waals surface area contributed by atoms with Crippen LogP contribution in [0.3, 0.4) is 0 Å². The highest BCUT2D eigenvalue weighted by Crippen LogP contribution is 2.27. The number of benzene rings is 2. The van der Waals surface area contributed by atoms with Crippen molar-refractivity contribution >= 4 is 11.4 Å². The Bertz CT molecular complexity index is 643. The van der Waals surface area contributed by atoms with E-state index in [9.17, 15) is 10.1 Å². The van der Waals surface area contributed by atoms with Gasteiger partial charge in [0.05, 0.1) is 11.0 Å². The quantitative estimate of drug-likeness (QED) is 0.641. The van der Waals surface area contributed by atoms with Crippen LogP contribution in [-0.2, 0) is 11.2 Å². The zero-order valence-corrected chi connectivity index (χ0v) is 12.4. The van der Waals surface area contributed by atoms with Crippen molar-refractivity contribution in [3.05, 3.63) is 70.3 Å². The van der Waals surface area contributed by atoms with Crippen LogP contribution < -0.4 is 4.90 Å². The van der Waals surface area contributed by atoms with Gasteiger partial charge in [-0.1, -0.05) is 30.3 Å². The van der Waals surface area contributed by atoms with E-state index in [4.69, 9.17) is 4.74 Å². The van der Waals surface area contributed by atoms with E-state index < -0.39 is 0 Å². The molecule has 0 N–H and O–H groups in total. The summed E-state index contributed by atoms with van der Waals surface area (Å²) >= 11 is 0. The molecule has 0 aromatic heterocycles. The lowest BCUT2D eigenvalue weighted by Crippen LogP contribution is -2.27. The second-order valence-corrected chi connectivity index (χ2v) is 5.47. The summed E-state index contributed by atoms with van der Waals surface area (Å²) in [6, 6.07) is 16.9. The molecule has 0 bridgehead atoms. The van der Waals surface area contributed by atoms with Gasteiger partial charge in [0.1, 0.15) is 6.23 Å². The molecule has 1 fully saturated rings. The van der Waals surface area contributed by atoms with E-state index in [1.807, 2.05) is 25.1 Å². The maximum absolute atomic E-state index is 10.7. The minimum atomic E-state index is -0.383. The monoisotopic (exact) mass is 298 g/mol. The van der Waals surface area contributed by atoms with Gasteiger partial charge in [-0.15, -0.1) is 0 Å². The normalized spacial score (nSPS) is 21.0. The molecule has 0 amide bonds. The predicted molar refractivity (Wildman–Crippen MR) is 84.9 cm³/mol. The van der Waals surface area contributed by atoms with Gasteiger partial charge in [-0.3, -0.25) is 10.1 Å². The maximum Gasteiger partial charge on any atom is 0.269 e. The second kappa shape index (κ2) is 6.15. The summed E-state index contributed by atoms with van der Waals surface area (Å²) in [6.45, 7) is 2.79. The highest BCUT2D eigenvalue weighted by Gasteiger charge is 2.30. The molecule has 0 aliphatic carbocycles. The van der Waals surface area contributed by atoms with Gasteiger partial charge in [0.25, 0.3) is 5.69 Å². The van der Waals surface area contributed by atoms with E-state index in [0.29, 0.717) is 0 Å². The van der Waals surface area contributed by atoms with Crippen molar-refractivity contribution in [2.45, 2.75) is 25.7 Å². The van der Waals surface area contributed by atoms with Gasteiger partial charge in [0.2, 0.25) is 0 Å². The first-order chi connectivity index (χ1) is 10.6. The largest absolute Gasteiger partial charge is 0.353 e. The fourth-order valence-electron chi connectivity index (χ4n) is 2.83. The molecule has 1 aliphatic rings. The summed E-state index contributed by atoms with van der Waals surface area (Å²) in [5.74, 6) is 0. The summed E-state index contributed by atoms with van der Waals surface area (Å²) in [5, 5.41) is 10.7. The molecular formula is C17H18N2O3. The highest BCUT2D eigenvalue weighted by molar-refractivity contribution is 5.52. The van der Waals surface area contributed by atoms with Gasteiger partial charge in [-0.05, 0) is 24.6 Å². The summed E-state index contributed by atoms with van der Waals surface area (Å²) in [7, 11) is 0. The lowest BCUT2D eigenvalue weighted by molar-refractivity contribution is -0.384. The molecule has 2 unspecified atom stereocenters. The zero-order valence-electron chi connectivity index (χ0n) is 12.4. The number of nitro groups is 1. The molecule has 1 aliphatic heterocycles. The van der Waals surface area contributed by atoms with E-state index in [0.717, 1.165) is 18.7 Å². The van der Waals surface area contributed by atoms with Gasteiger partial charge in [-0.25, -0.2) is 0 Å². The molecule has 5 nitrogen and oxygen atoms in total. The van der Waals surface area contributed by atoms with E-state index in [2.05, 4.69) is 17.0 Å². The maximum atomic E-state index is 10.7. The number of non-ortho nitro benzene ring substituents is 1. The standard InChI is InChI=1S/C17H18N2O3/c1-13-18(15-7-9-16(10-8-15)19(20)21)12-17(22-13)11-14-5-3-2-4-6-14/h2-10,13,17H,11-12H2,1H3. The van der Waals surface area contributed by atoms with Crippen LogP contribution in [0.4, 0.5) is 11.4 Å². The van der Waals surface area contributed by atoms with Crippen LogP contribution in [0.15, 0.2) is 54.6 Å². The first kappa shape index (κ1) is 14.5. The fourth-order valence-corrected chi connectivity index (χ4v) is 2.83. The first-order valence-electron chi connectivity index (χ1n) is 7.34. The van der Waals surface area contributed by atoms with Crippen LogP contribution >= 0.6 is 0 Å². The van der Waals surface area contributed by atoms with Crippen molar-refractivity contribution in [1.29, 1.82) is 0 Å². The SMILES string of the molecule is CC1OC(Cc2ccccc2)CN1c1ccc([N+](=O)[O-])cc1. The Morgan fingerprint density at radius 2 is 1.86 bits per heavy atom. The molecule has 1 heterocycles. The van der Waals surface area contributed by atoms with Gasteiger partial charge < -0.3 is 9.64 Å². The molecule has 22 heavy (non-hydrogen) atoms. The van der Waals surface area contributed by atoms with Crippen LogP contribution in [0.5, 0.6) is 0 Å². The Hall–Kier alpha value is -2.40. The molecule has 0 spiro atoms. The summed E-state index contributed by atoms with van der Waals surface area (Å²) in [5.41, 5.74) is 2.32. The Morgan fingerprint density at radius 1 is 1.18 bits per heavy atom. The van der Waals surface area contributed by atoms with Crippen molar-refractivity contribution in [3.8, 4) is 0 Å². The molecule has 1 saturated heterocycles. The number of hydrogen-bond donors (Lipinski definition) is 0. The fraction of sp³-hybridized carbons (Fsp3) is 0.294. The summed E-state index contributed by atoms with van der Waals surface area (Å²) in [4.78, 5) is 12.5. The Kier molecular flexibility index (Phi) is 4.06. The third kappa shape index (κ3) is 3.09. The van der Waals surface area contributed by atoms with Crippen molar-refractivity contribution in [1.82, 2.24) is 0 Å². The Balaban J connectivity index is 1.69. The molecule has 114 valence electrons. The van der Waals surface area contributed by atoms with Gasteiger partial charge in [0, 0.05) is 30.8 Å². The predicted octanol–water partition coefficient (Wildman–Crippen LogP) is 3.39. The molecule has 3 rings (SSSR count). The Morgan fingerprint density at radius 3 is 2.50 bits per heavy atom. The summed E-state index contributed by atoms with van der Waals surface area (Å²) < 4.78 is 6.00. The lowest BCUT2D eigenvalue weighted by atomic mass is 10.1.